The SMILES string of the molecule is CC(Oc1cc(Cl)ccc1C(N)=S)C(=O)NC(N)=O. The van der Waals surface area contributed by atoms with Crippen LogP contribution in [0.5, 0.6) is 5.75 Å². The molecule has 0 aliphatic carbocycles. The number of primary amides is 1. The highest BCUT2D eigenvalue weighted by molar-refractivity contribution is 7.80. The van der Waals surface area contributed by atoms with Gasteiger partial charge in [-0.3, -0.25) is 10.1 Å². The molecule has 1 rings (SSSR count). The minimum absolute atomic E-state index is 0.106. The lowest BCUT2D eigenvalue weighted by Gasteiger charge is -2.16. The van der Waals surface area contributed by atoms with Crippen LogP contribution in [0.3, 0.4) is 0 Å². The number of urea groups is 1. The van der Waals surface area contributed by atoms with E-state index in [9.17, 15) is 9.59 Å². The molecule has 3 amide bonds. The molecule has 1 aromatic rings. The van der Waals surface area contributed by atoms with Gasteiger partial charge in [0.15, 0.2) is 6.10 Å². The number of hydrogen-bond donors (Lipinski definition) is 3. The molecule has 5 N–H and O–H groups in total. The number of benzene rings is 1. The lowest BCUT2D eigenvalue weighted by molar-refractivity contribution is -0.126. The smallest absolute Gasteiger partial charge is 0.318 e. The Hall–Kier alpha value is -1.86. The molecule has 19 heavy (non-hydrogen) atoms. The Morgan fingerprint density at radius 2 is 2.05 bits per heavy atom. The number of ether oxygens (including phenoxy) is 1. The minimum atomic E-state index is -0.959. The van der Waals surface area contributed by atoms with Gasteiger partial charge in [-0.2, -0.15) is 0 Å². The first-order valence-corrected chi connectivity index (χ1v) is 5.96. The molecule has 6 nitrogen and oxygen atoms in total. The second-order valence-corrected chi connectivity index (χ2v) is 4.49. The topological polar surface area (TPSA) is 107 Å². The zero-order valence-corrected chi connectivity index (χ0v) is 11.5. The third kappa shape index (κ3) is 4.38. The Labute approximate surface area is 120 Å². The summed E-state index contributed by atoms with van der Waals surface area (Å²) in [5, 5.41) is 2.30. The average Bonchev–Trinajstić information content (AvgIpc) is 2.27. The third-order valence-corrected chi connectivity index (χ3v) is 2.58. The maximum Gasteiger partial charge on any atom is 0.318 e. The zero-order chi connectivity index (χ0) is 14.6. The molecule has 0 bridgehead atoms. The van der Waals surface area contributed by atoms with E-state index in [2.05, 4.69) is 0 Å². The minimum Gasteiger partial charge on any atom is -0.480 e. The molecule has 1 unspecified atom stereocenters. The summed E-state index contributed by atoms with van der Waals surface area (Å²) < 4.78 is 5.38. The molecule has 0 heterocycles. The first kappa shape index (κ1) is 15.2. The number of rotatable bonds is 4. The van der Waals surface area contributed by atoms with Crippen LogP contribution in [0.2, 0.25) is 5.02 Å². The summed E-state index contributed by atoms with van der Waals surface area (Å²) in [6.07, 6.45) is -0.959. The molecule has 0 aliphatic heterocycles. The van der Waals surface area contributed by atoms with Crippen molar-refractivity contribution in [3.05, 3.63) is 28.8 Å². The number of imide groups is 1. The fourth-order valence-electron chi connectivity index (χ4n) is 1.26. The van der Waals surface area contributed by atoms with E-state index < -0.39 is 18.0 Å². The molecule has 8 heteroatoms. The quantitative estimate of drug-likeness (QED) is 0.717. The molecule has 0 aromatic heterocycles. The summed E-state index contributed by atoms with van der Waals surface area (Å²) >= 11 is 10.7. The fourth-order valence-corrected chi connectivity index (χ4v) is 1.59. The van der Waals surface area contributed by atoms with Crippen LogP contribution < -0.4 is 21.5 Å². The van der Waals surface area contributed by atoms with Crippen molar-refractivity contribution in [3.63, 3.8) is 0 Å². The maximum absolute atomic E-state index is 11.5. The number of hydrogen-bond acceptors (Lipinski definition) is 4. The van der Waals surface area contributed by atoms with Gasteiger partial charge >= 0.3 is 6.03 Å². The second kappa shape index (κ2) is 6.35. The van der Waals surface area contributed by atoms with Gasteiger partial charge in [-0.1, -0.05) is 23.8 Å². The van der Waals surface area contributed by atoms with Gasteiger partial charge in [0.05, 0.1) is 5.56 Å². The molecule has 0 aliphatic rings. The molecule has 0 saturated heterocycles. The molecule has 0 saturated carbocycles. The highest BCUT2D eigenvalue weighted by Crippen LogP contribution is 2.24. The number of amides is 3. The van der Waals surface area contributed by atoms with E-state index in [1.165, 1.54) is 13.0 Å². The molecule has 0 radical (unpaired) electrons. The van der Waals surface area contributed by atoms with E-state index in [0.29, 0.717) is 10.6 Å². The van der Waals surface area contributed by atoms with Crippen LogP contribution in [0.15, 0.2) is 18.2 Å². The van der Waals surface area contributed by atoms with Gasteiger partial charge in [-0.15, -0.1) is 0 Å². The van der Waals surface area contributed by atoms with E-state index in [0.717, 1.165) is 0 Å². The van der Waals surface area contributed by atoms with E-state index in [1.807, 2.05) is 5.32 Å². The van der Waals surface area contributed by atoms with Crippen molar-refractivity contribution in [1.29, 1.82) is 0 Å². The Balaban J connectivity index is 2.92. The Bertz CT molecular complexity index is 536. The Morgan fingerprint density at radius 1 is 1.42 bits per heavy atom. The van der Waals surface area contributed by atoms with Crippen molar-refractivity contribution in [2.75, 3.05) is 0 Å². The van der Waals surface area contributed by atoms with Crippen LogP contribution in [-0.4, -0.2) is 23.0 Å². The normalized spacial score (nSPS) is 11.5. The van der Waals surface area contributed by atoms with Gasteiger partial charge < -0.3 is 16.2 Å². The van der Waals surface area contributed by atoms with E-state index in [-0.39, 0.29) is 10.7 Å². The van der Waals surface area contributed by atoms with Gasteiger partial charge in [-0.05, 0) is 25.1 Å². The molecular weight excluding hydrogens is 290 g/mol. The van der Waals surface area contributed by atoms with E-state index >= 15 is 0 Å². The van der Waals surface area contributed by atoms with Gasteiger partial charge in [0.25, 0.3) is 5.91 Å². The van der Waals surface area contributed by atoms with Crippen molar-refractivity contribution in [2.45, 2.75) is 13.0 Å². The van der Waals surface area contributed by atoms with Crippen LogP contribution in [0.25, 0.3) is 0 Å². The Kier molecular flexibility index (Phi) is 5.08. The summed E-state index contributed by atoms with van der Waals surface area (Å²) in [6, 6.07) is 3.70. The molecule has 1 aromatic carbocycles. The number of halogens is 1. The molecule has 0 spiro atoms. The lowest BCUT2D eigenvalue weighted by Crippen LogP contribution is -2.42. The lowest BCUT2D eigenvalue weighted by atomic mass is 10.2. The van der Waals surface area contributed by atoms with Crippen LogP contribution in [0.4, 0.5) is 4.79 Å². The number of nitrogens with one attached hydrogen (secondary N) is 1. The summed E-state index contributed by atoms with van der Waals surface area (Å²) in [5.41, 5.74) is 10.8. The highest BCUT2D eigenvalue weighted by Gasteiger charge is 2.18. The largest absolute Gasteiger partial charge is 0.480 e. The van der Waals surface area contributed by atoms with Crippen molar-refractivity contribution in [3.8, 4) is 5.75 Å². The molecule has 102 valence electrons. The van der Waals surface area contributed by atoms with Crippen LogP contribution in [0.1, 0.15) is 12.5 Å². The summed E-state index contributed by atoms with van der Waals surface area (Å²) in [4.78, 5) is 22.2. The predicted molar refractivity (Wildman–Crippen MR) is 75.2 cm³/mol. The number of thiocarbonyl (C=S) groups is 1. The summed E-state index contributed by atoms with van der Waals surface area (Å²) in [7, 11) is 0. The molecular formula is C11H12ClN3O3S. The van der Waals surface area contributed by atoms with Crippen LogP contribution in [-0.2, 0) is 4.79 Å². The summed E-state index contributed by atoms with van der Waals surface area (Å²) in [6.45, 7) is 1.45. The highest BCUT2D eigenvalue weighted by atomic mass is 35.5. The maximum atomic E-state index is 11.5. The van der Waals surface area contributed by atoms with E-state index in [1.54, 1.807) is 12.1 Å². The van der Waals surface area contributed by atoms with Gasteiger partial charge in [0.1, 0.15) is 10.7 Å². The summed E-state index contributed by atoms with van der Waals surface area (Å²) in [5.74, 6) is -0.423. The first-order valence-electron chi connectivity index (χ1n) is 5.17. The van der Waals surface area contributed by atoms with Crippen LogP contribution >= 0.6 is 23.8 Å². The van der Waals surface area contributed by atoms with E-state index in [4.69, 9.17) is 40.0 Å². The van der Waals surface area contributed by atoms with Crippen molar-refractivity contribution in [1.82, 2.24) is 5.32 Å². The van der Waals surface area contributed by atoms with Gasteiger partial charge in [0.2, 0.25) is 0 Å². The van der Waals surface area contributed by atoms with Crippen molar-refractivity contribution >= 4 is 40.7 Å². The monoisotopic (exact) mass is 301 g/mol. The van der Waals surface area contributed by atoms with Gasteiger partial charge in [0, 0.05) is 5.02 Å². The van der Waals surface area contributed by atoms with Crippen LogP contribution in [0, 0.1) is 0 Å². The fraction of sp³-hybridized carbons (Fsp3) is 0.182. The van der Waals surface area contributed by atoms with Crippen molar-refractivity contribution in [2.24, 2.45) is 11.5 Å². The average molecular weight is 302 g/mol. The molecule has 0 fully saturated rings. The molecule has 1 atom stereocenters. The second-order valence-electron chi connectivity index (χ2n) is 3.62. The number of carbonyl (C=O) groups is 2. The van der Waals surface area contributed by atoms with Gasteiger partial charge in [-0.25, -0.2) is 4.79 Å². The number of nitrogens with two attached hydrogens (primary N) is 2. The van der Waals surface area contributed by atoms with Crippen molar-refractivity contribution < 1.29 is 14.3 Å². The standard InChI is InChI=1S/C11H12ClN3O3S/c1-5(10(16)15-11(14)17)18-8-4-6(12)2-3-7(8)9(13)19/h2-5H,1H3,(H2,13,19)(H3,14,15,16,17). The Morgan fingerprint density at radius 3 is 2.58 bits per heavy atom. The number of carbonyl (C=O) groups excluding carboxylic acids is 2. The zero-order valence-electron chi connectivity index (χ0n) is 9.98. The predicted octanol–water partition coefficient (Wildman–Crippen LogP) is 0.936. The third-order valence-electron chi connectivity index (χ3n) is 2.13. The first-order chi connectivity index (χ1) is 8.81.